The molecular weight excluding hydrogens is 274 g/mol. The summed E-state index contributed by atoms with van der Waals surface area (Å²) in [7, 11) is 0.118. The zero-order valence-electron chi connectivity index (χ0n) is 10.7. The van der Waals surface area contributed by atoms with Crippen LogP contribution in [-0.4, -0.2) is 40.5 Å². The number of nitrogen functional groups attached to an aromatic ring is 1. The number of halogens is 1. The summed E-state index contributed by atoms with van der Waals surface area (Å²) in [5, 5.41) is 0.180. The van der Waals surface area contributed by atoms with Crippen molar-refractivity contribution in [2.45, 2.75) is 11.8 Å². The molecule has 1 aromatic rings. The van der Waals surface area contributed by atoms with Gasteiger partial charge in [-0.25, -0.2) is 13.1 Å². The highest BCUT2D eigenvalue weighted by Gasteiger charge is 2.18. The van der Waals surface area contributed by atoms with E-state index in [0.717, 1.165) is 5.56 Å². The first kappa shape index (κ1) is 15.2. The van der Waals surface area contributed by atoms with Gasteiger partial charge in [0.15, 0.2) is 0 Å². The standard InChI is InChI=1S/C11H18ClN3O2S/c1-8-6-9(12)11(7-10(8)13)18(16,17)14-4-5-15(2)3/h6-7,14H,4-5,13H2,1-3H3. The molecule has 0 atom stereocenters. The molecule has 102 valence electrons. The quantitative estimate of drug-likeness (QED) is 0.796. The fourth-order valence-corrected chi connectivity index (χ4v) is 2.99. The normalized spacial score (nSPS) is 12.1. The third-order valence-corrected chi connectivity index (χ3v) is 4.39. The number of hydrogen-bond donors (Lipinski definition) is 2. The van der Waals surface area contributed by atoms with E-state index in [4.69, 9.17) is 17.3 Å². The average molecular weight is 292 g/mol. The van der Waals surface area contributed by atoms with Crippen molar-refractivity contribution < 1.29 is 8.42 Å². The van der Waals surface area contributed by atoms with Crippen LogP contribution < -0.4 is 10.5 Å². The van der Waals surface area contributed by atoms with Crippen LogP contribution in [0.15, 0.2) is 17.0 Å². The van der Waals surface area contributed by atoms with Crippen LogP contribution in [0.4, 0.5) is 5.69 Å². The van der Waals surface area contributed by atoms with E-state index < -0.39 is 10.0 Å². The van der Waals surface area contributed by atoms with Gasteiger partial charge in [-0.3, -0.25) is 0 Å². The summed E-state index contributed by atoms with van der Waals surface area (Å²) in [5.41, 5.74) is 6.87. The van der Waals surface area contributed by atoms with E-state index in [9.17, 15) is 8.42 Å². The maximum Gasteiger partial charge on any atom is 0.242 e. The number of nitrogens with one attached hydrogen (secondary N) is 1. The number of hydrogen-bond acceptors (Lipinski definition) is 4. The molecular formula is C11H18ClN3O2S. The van der Waals surface area contributed by atoms with Crippen molar-refractivity contribution in [3.05, 3.63) is 22.7 Å². The van der Waals surface area contributed by atoms with Gasteiger partial charge in [0, 0.05) is 18.8 Å². The molecule has 18 heavy (non-hydrogen) atoms. The van der Waals surface area contributed by atoms with Crippen molar-refractivity contribution in [3.63, 3.8) is 0 Å². The first-order chi connectivity index (χ1) is 8.24. The SMILES string of the molecule is Cc1cc(Cl)c(S(=O)(=O)NCCN(C)C)cc1N. The van der Waals surface area contributed by atoms with Crippen LogP contribution in [0.2, 0.25) is 5.02 Å². The van der Waals surface area contributed by atoms with Crippen LogP contribution >= 0.6 is 11.6 Å². The second-order valence-electron chi connectivity index (χ2n) is 4.34. The van der Waals surface area contributed by atoms with Gasteiger partial charge in [-0.1, -0.05) is 11.6 Å². The van der Waals surface area contributed by atoms with Gasteiger partial charge in [0.1, 0.15) is 4.90 Å². The summed E-state index contributed by atoms with van der Waals surface area (Å²) in [4.78, 5) is 1.90. The summed E-state index contributed by atoms with van der Waals surface area (Å²) in [6.07, 6.45) is 0. The molecule has 0 spiro atoms. The van der Waals surface area contributed by atoms with Gasteiger partial charge in [-0.2, -0.15) is 0 Å². The van der Waals surface area contributed by atoms with Crippen LogP contribution in [0.1, 0.15) is 5.56 Å². The zero-order valence-corrected chi connectivity index (χ0v) is 12.3. The van der Waals surface area contributed by atoms with E-state index in [2.05, 4.69) is 4.72 Å². The molecule has 7 heteroatoms. The highest BCUT2D eigenvalue weighted by molar-refractivity contribution is 7.89. The molecule has 0 saturated heterocycles. The largest absolute Gasteiger partial charge is 0.398 e. The number of nitrogens with two attached hydrogens (primary N) is 1. The third-order valence-electron chi connectivity index (χ3n) is 2.46. The number of anilines is 1. The van der Waals surface area contributed by atoms with E-state index >= 15 is 0 Å². The first-order valence-corrected chi connectivity index (χ1v) is 7.30. The number of likely N-dealkylation sites (N-methyl/N-ethyl adjacent to an activating group) is 1. The van der Waals surface area contributed by atoms with E-state index in [1.807, 2.05) is 19.0 Å². The number of rotatable bonds is 5. The van der Waals surface area contributed by atoms with Crippen LogP contribution in [0.5, 0.6) is 0 Å². The first-order valence-electron chi connectivity index (χ1n) is 5.44. The smallest absolute Gasteiger partial charge is 0.242 e. The van der Waals surface area contributed by atoms with Crippen molar-refractivity contribution in [2.24, 2.45) is 0 Å². The highest BCUT2D eigenvalue weighted by atomic mass is 35.5. The Morgan fingerprint density at radius 3 is 2.56 bits per heavy atom. The lowest BCUT2D eigenvalue weighted by Gasteiger charge is -2.12. The van der Waals surface area contributed by atoms with E-state index in [1.165, 1.54) is 6.07 Å². The predicted octanol–water partition coefficient (Wildman–Crippen LogP) is 1.07. The Labute approximate surface area is 113 Å². The number of benzene rings is 1. The molecule has 0 fully saturated rings. The summed E-state index contributed by atoms with van der Waals surface area (Å²) < 4.78 is 26.5. The van der Waals surface area contributed by atoms with Crippen LogP contribution in [0.25, 0.3) is 0 Å². The van der Waals surface area contributed by atoms with Gasteiger partial charge in [0.05, 0.1) is 5.02 Å². The average Bonchev–Trinajstić information content (AvgIpc) is 2.22. The molecule has 0 saturated carbocycles. The van der Waals surface area contributed by atoms with Crippen LogP contribution in [0, 0.1) is 6.92 Å². The van der Waals surface area contributed by atoms with Crippen molar-refractivity contribution in [3.8, 4) is 0 Å². The lowest BCUT2D eigenvalue weighted by Crippen LogP contribution is -2.31. The minimum absolute atomic E-state index is 0.0195. The number of aryl methyl sites for hydroxylation is 1. The van der Waals surface area contributed by atoms with Gasteiger partial charge < -0.3 is 10.6 Å². The minimum Gasteiger partial charge on any atom is -0.398 e. The Hall–Kier alpha value is -0.820. The number of sulfonamides is 1. The predicted molar refractivity (Wildman–Crippen MR) is 74.3 cm³/mol. The Kier molecular flexibility index (Phi) is 4.98. The molecule has 0 heterocycles. The van der Waals surface area contributed by atoms with E-state index in [0.29, 0.717) is 18.8 Å². The molecule has 1 aromatic carbocycles. The summed E-state index contributed by atoms with van der Waals surface area (Å²) in [6, 6.07) is 2.94. The fraction of sp³-hybridized carbons (Fsp3) is 0.455. The highest BCUT2D eigenvalue weighted by Crippen LogP contribution is 2.26. The zero-order chi connectivity index (χ0) is 13.9. The molecule has 0 unspecified atom stereocenters. The van der Waals surface area contributed by atoms with Crippen LogP contribution in [0.3, 0.4) is 0 Å². The van der Waals surface area contributed by atoms with Crippen molar-refractivity contribution >= 4 is 27.3 Å². The Bertz CT molecular complexity index is 529. The molecule has 5 nitrogen and oxygen atoms in total. The van der Waals surface area contributed by atoms with Gasteiger partial charge >= 0.3 is 0 Å². The monoisotopic (exact) mass is 291 g/mol. The van der Waals surface area contributed by atoms with Crippen molar-refractivity contribution in [1.29, 1.82) is 0 Å². The molecule has 0 aliphatic rings. The molecule has 3 N–H and O–H groups in total. The van der Waals surface area contributed by atoms with Crippen molar-refractivity contribution in [1.82, 2.24) is 9.62 Å². The van der Waals surface area contributed by atoms with Crippen molar-refractivity contribution in [2.75, 3.05) is 32.9 Å². The Morgan fingerprint density at radius 1 is 1.39 bits per heavy atom. The maximum atomic E-state index is 12.0. The molecule has 0 aromatic heterocycles. The second kappa shape index (κ2) is 5.88. The van der Waals surface area contributed by atoms with Gasteiger partial charge in [-0.05, 0) is 38.7 Å². The molecule has 0 aliphatic heterocycles. The lowest BCUT2D eigenvalue weighted by atomic mass is 10.2. The summed E-state index contributed by atoms with van der Waals surface area (Å²) in [5.74, 6) is 0. The minimum atomic E-state index is -3.61. The van der Waals surface area contributed by atoms with Gasteiger partial charge in [-0.15, -0.1) is 0 Å². The second-order valence-corrected chi connectivity index (χ2v) is 6.48. The Morgan fingerprint density at radius 2 is 2.00 bits per heavy atom. The molecule has 0 bridgehead atoms. The van der Waals surface area contributed by atoms with Crippen LogP contribution in [-0.2, 0) is 10.0 Å². The molecule has 0 amide bonds. The molecule has 0 radical (unpaired) electrons. The topological polar surface area (TPSA) is 75.4 Å². The molecule has 1 rings (SSSR count). The lowest BCUT2D eigenvalue weighted by molar-refractivity contribution is 0.412. The third kappa shape index (κ3) is 3.84. The maximum absolute atomic E-state index is 12.0. The number of nitrogens with zero attached hydrogens (tertiary/aromatic N) is 1. The summed E-state index contributed by atoms with van der Waals surface area (Å²) in [6.45, 7) is 2.70. The summed E-state index contributed by atoms with van der Waals surface area (Å²) >= 11 is 5.94. The van der Waals surface area contributed by atoms with E-state index in [1.54, 1.807) is 13.0 Å². The molecule has 0 aliphatic carbocycles. The van der Waals surface area contributed by atoms with Gasteiger partial charge in [0.25, 0.3) is 0 Å². The van der Waals surface area contributed by atoms with Gasteiger partial charge in [0.2, 0.25) is 10.0 Å². The Balaban J connectivity index is 2.95. The van der Waals surface area contributed by atoms with E-state index in [-0.39, 0.29) is 9.92 Å². The fourth-order valence-electron chi connectivity index (χ4n) is 1.36.